The first-order valence-electron chi connectivity index (χ1n) is 9.31. The summed E-state index contributed by atoms with van der Waals surface area (Å²) in [6, 6.07) is 9.92. The maximum atomic E-state index is 12.8. The van der Waals surface area contributed by atoms with Crippen LogP contribution in [-0.2, 0) is 11.3 Å². The number of rotatable bonds is 2. The van der Waals surface area contributed by atoms with Gasteiger partial charge in [0.05, 0.1) is 23.0 Å². The van der Waals surface area contributed by atoms with E-state index in [2.05, 4.69) is 28.3 Å². The summed E-state index contributed by atoms with van der Waals surface area (Å²) in [6.45, 7) is 3.59. The molecule has 4 rings (SSSR count). The van der Waals surface area contributed by atoms with E-state index < -0.39 is 12.1 Å². The molecule has 0 saturated carbocycles. The van der Waals surface area contributed by atoms with Crippen molar-refractivity contribution in [1.82, 2.24) is 20.2 Å². The van der Waals surface area contributed by atoms with Gasteiger partial charge in [0, 0.05) is 36.9 Å². The van der Waals surface area contributed by atoms with Crippen LogP contribution in [0, 0.1) is 11.3 Å². The lowest BCUT2D eigenvalue weighted by Gasteiger charge is -2.22. The number of fused-ring (bicyclic) bond motifs is 1. The number of aromatic nitrogens is 2. The average Bonchev–Trinajstić information content (AvgIpc) is 3.30. The smallest absolute Gasteiger partial charge is 0.475 e. The first-order valence-corrected chi connectivity index (χ1v) is 9.31. The number of amides is 1. The fourth-order valence-corrected chi connectivity index (χ4v) is 3.42. The molecule has 8 nitrogen and oxygen atoms in total. The fourth-order valence-electron chi connectivity index (χ4n) is 3.42. The maximum absolute atomic E-state index is 12.8. The molecule has 0 radical (unpaired) electrons. The third-order valence-electron chi connectivity index (χ3n) is 4.95. The molecule has 0 unspecified atom stereocenters. The molecule has 2 atom stereocenters. The van der Waals surface area contributed by atoms with Crippen molar-refractivity contribution in [2.45, 2.75) is 38.1 Å². The number of nitrogens with zero attached hydrogens (tertiary/aromatic N) is 4. The van der Waals surface area contributed by atoms with Crippen molar-refractivity contribution in [3.8, 4) is 17.5 Å². The summed E-state index contributed by atoms with van der Waals surface area (Å²) in [6.07, 6.45) is -2.53. The highest BCUT2D eigenvalue weighted by Crippen LogP contribution is 2.28. The fraction of sp³-hybridized carbons (Fsp3) is 0.350. The van der Waals surface area contributed by atoms with Gasteiger partial charge in [-0.1, -0.05) is 6.07 Å². The van der Waals surface area contributed by atoms with Crippen molar-refractivity contribution < 1.29 is 27.9 Å². The molecule has 0 spiro atoms. The Bertz CT molecular complexity index is 1050. The van der Waals surface area contributed by atoms with Crippen molar-refractivity contribution in [3.05, 3.63) is 47.3 Å². The third-order valence-corrected chi connectivity index (χ3v) is 4.95. The zero-order valence-electron chi connectivity index (χ0n) is 16.3. The molecule has 1 amide bonds. The highest BCUT2D eigenvalue weighted by atomic mass is 19.4. The number of nitriles is 1. The van der Waals surface area contributed by atoms with Crippen molar-refractivity contribution in [2.75, 3.05) is 6.54 Å². The van der Waals surface area contributed by atoms with E-state index in [0.29, 0.717) is 35.2 Å². The van der Waals surface area contributed by atoms with Gasteiger partial charge in [0.1, 0.15) is 5.69 Å². The Kier molecular flexibility index (Phi) is 6.21. The normalized spacial score (nSPS) is 20.0. The number of pyridine rings is 2. The molecule has 0 bridgehead atoms. The van der Waals surface area contributed by atoms with Gasteiger partial charge in [-0.15, -0.1) is 0 Å². The number of carboxylic acids is 1. The second-order valence-electron chi connectivity index (χ2n) is 7.18. The van der Waals surface area contributed by atoms with E-state index in [4.69, 9.17) is 15.2 Å². The van der Waals surface area contributed by atoms with Crippen LogP contribution in [0.25, 0.3) is 11.4 Å². The van der Waals surface area contributed by atoms with Gasteiger partial charge < -0.3 is 15.3 Å². The van der Waals surface area contributed by atoms with Gasteiger partial charge in [-0.2, -0.15) is 18.4 Å². The Labute approximate surface area is 175 Å². The van der Waals surface area contributed by atoms with E-state index in [1.54, 1.807) is 18.3 Å². The first kappa shape index (κ1) is 22.2. The first-order chi connectivity index (χ1) is 14.6. The number of aliphatic carboxylic acids is 1. The van der Waals surface area contributed by atoms with Gasteiger partial charge in [-0.05, 0) is 31.5 Å². The summed E-state index contributed by atoms with van der Waals surface area (Å²) in [7, 11) is 0. The van der Waals surface area contributed by atoms with E-state index in [1.807, 2.05) is 17.0 Å². The molecule has 162 valence electrons. The second-order valence-corrected chi connectivity index (χ2v) is 7.18. The molecular formula is C20H18F3N5O3. The summed E-state index contributed by atoms with van der Waals surface area (Å²) in [5.41, 5.74) is 3.23. The van der Waals surface area contributed by atoms with Crippen LogP contribution in [0.15, 0.2) is 30.5 Å². The summed E-state index contributed by atoms with van der Waals surface area (Å²) in [5, 5.41) is 19.5. The molecular weight excluding hydrogens is 415 g/mol. The SMILES string of the molecule is C[C@@H]1C[C@@H](N2Cc3ccc(-c4cc(C#N)ccn4)nc3C2=O)CN1.O=C(O)C(F)(F)F. The second kappa shape index (κ2) is 8.69. The van der Waals surface area contributed by atoms with Crippen molar-refractivity contribution >= 4 is 11.9 Å². The number of carbonyl (C=O) groups excluding carboxylic acids is 1. The molecule has 2 N–H and O–H groups in total. The van der Waals surface area contributed by atoms with E-state index >= 15 is 0 Å². The number of halogens is 3. The summed E-state index contributed by atoms with van der Waals surface area (Å²) in [4.78, 5) is 32.4. The van der Waals surface area contributed by atoms with Gasteiger partial charge >= 0.3 is 12.1 Å². The summed E-state index contributed by atoms with van der Waals surface area (Å²) >= 11 is 0. The van der Waals surface area contributed by atoms with Gasteiger partial charge in [0.15, 0.2) is 0 Å². The van der Waals surface area contributed by atoms with Crippen molar-refractivity contribution in [2.24, 2.45) is 0 Å². The van der Waals surface area contributed by atoms with Crippen LogP contribution in [0.1, 0.15) is 35.0 Å². The maximum Gasteiger partial charge on any atom is 0.490 e. The topological polar surface area (TPSA) is 119 Å². The molecule has 4 heterocycles. The van der Waals surface area contributed by atoms with Crippen LogP contribution in [0.2, 0.25) is 0 Å². The van der Waals surface area contributed by atoms with Crippen molar-refractivity contribution in [3.63, 3.8) is 0 Å². The van der Waals surface area contributed by atoms with Crippen LogP contribution >= 0.6 is 0 Å². The summed E-state index contributed by atoms with van der Waals surface area (Å²) in [5.74, 6) is -2.77. The van der Waals surface area contributed by atoms with E-state index in [1.165, 1.54) is 0 Å². The van der Waals surface area contributed by atoms with Crippen LogP contribution in [0.3, 0.4) is 0 Å². The lowest BCUT2D eigenvalue weighted by atomic mass is 10.1. The van der Waals surface area contributed by atoms with Crippen LogP contribution in [0.5, 0.6) is 0 Å². The quantitative estimate of drug-likeness (QED) is 0.746. The molecule has 2 aliphatic heterocycles. The lowest BCUT2D eigenvalue weighted by Crippen LogP contribution is -2.37. The molecule has 0 aliphatic carbocycles. The zero-order valence-corrected chi connectivity index (χ0v) is 16.3. The van der Waals surface area contributed by atoms with Crippen LogP contribution < -0.4 is 5.32 Å². The number of hydrogen-bond acceptors (Lipinski definition) is 6. The molecule has 11 heteroatoms. The van der Waals surface area contributed by atoms with Gasteiger partial charge in [0.2, 0.25) is 0 Å². The Morgan fingerprint density at radius 1 is 1.32 bits per heavy atom. The minimum Gasteiger partial charge on any atom is -0.475 e. The van der Waals surface area contributed by atoms with Crippen LogP contribution in [-0.4, -0.2) is 56.7 Å². The van der Waals surface area contributed by atoms with Gasteiger partial charge in [-0.25, -0.2) is 9.78 Å². The minimum atomic E-state index is -5.08. The largest absolute Gasteiger partial charge is 0.490 e. The molecule has 1 fully saturated rings. The molecule has 2 aromatic heterocycles. The average molecular weight is 433 g/mol. The lowest BCUT2D eigenvalue weighted by molar-refractivity contribution is -0.192. The van der Waals surface area contributed by atoms with Gasteiger partial charge in [-0.3, -0.25) is 9.78 Å². The Morgan fingerprint density at radius 3 is 2.61 bits per heavy atom. The van der Waals surface area contributed by atoms with Crippen molar-refractivity contribution in [1.29, 1.82) is 5.26 Å². The number of nitrogens with one attached hydrogen (secondary N) is 1. The molecule has 31 heavy (non-hydrogen) atoms. The number of alkyl halides is 3. The number of carbonyl (C=O) groups is 2. The Hall–Kier alpha value is -3.52. The highest BCUT2D eigenvalue weighted by molar-refractivity contribution is 5.97. The Morgan fingerprint density at radius 2 is 2.03 bits per heavy atom. The standard InChI is InChI=1S/C18H17N5O.C2HF3O2/c1-11-6-14(9-21-11)23-10-13-2-3-15(22-17(13)18(23)24)16-7-12(8-19)4-5-20-16;3-2(4,5)1(6)7/h2-5,7,11,14,21H,6,9-10H2,1H3;(H,6,7)/t11-,14-;/m1./s1. The van der Waals surface area contributed by atoms with Crippen LogP contribution in [0.4, 0.5) is 13.2 Å². The van der Waals surface area contributed by atoms with Gasteiger partial charge in [0.25, 0.3) is 5.91 Å². The van der Waals surface area contributed by atoms with E-state index in [9.17, 15) is 18.0 Å². The molecule has 2 aliphatic rings. The van der Waals surface area contributed by atoms with E-state index in [-0.39, 0.29) is 11.9 Å². The molecule has 2 aromatic rings. The Balaban J connectivity index is 0.000000339. The zero-order chi connectivity index (χ0) is 22.8. The minimum absolute atomic E-state index is 0.0100. The molecule has 1 saturated heterocycles. The predicted octanol–water partition coefficient (Wildman–Crippen LogP) is 2.35. The summed E-state index contributed by atoms with van der Waals surface area (Å²) < 4.78 is 31.7. The highest BCUT2D eigenvalue weighted by Gasteiger charge is 2.38. The number of hydrogen-bond donors (Lipinski definition) is 2. The molecule has 0 aromatic carbocycles. The monoisotopic (exact) mass is 433 g/mol. The number of carboxylic acid groups (broad SMARTS) is 1. The predicted molar refractivity (Wildman–Crippen MR) is 102 cm³/mol. The van der Waals surface area contributed by atoms with E-state index in [0.717, 1.165) is 18.5 Å². The third kappa shape index (κ3) is 4.97.